The Labute approximate surface area is 159 Å². The number of amides is 2. The Kier molecular flexibility index (Phi) is 7.39. The SMILES string of the molecule is O=C(N[C@H](Cc1ccc(OC(F)(F)F)cc1)C(=O)NCCO)c1ccccc1. The molecular formula is C19H19F3N2O4. The molecule has 1 atom stereocenters. The smallest absolute Gasteiger partial charge is 0.406 e. The van der Waals surface area contributed by atoms with Gasteiger partial charge in [-0.25, -0.2) is 0 Å². The van der Waals surface area contributed by atoms with E-state index in [0.29, 0.717) is 11.1 Å². The van der Waals surface area contributed by atoms with Crippen LogP contribution in [0.3, 0.4) is 0 Å². The molecule has 150 valence electrons. The number of rotatable bonds is 8. The van der Waals surface area contributed by atoms with Gasteiger partial charge in [0.15, 0.2) is 0 Å². The fourth-order valence-corrected chi connectivity index (χ4v) is 2.41. The minimum absolute atomic E-state index is 0.00883. The molecule has 3 N–H and O–H groups in total. The summed E-state index contributed by atoms with van der Waals surface area (Å²) in [6.07, 6.45) is -4.75. The van der Waals surface area contributed by atoms with Gasteiger partial charge in [0.25, 0.3) is 5.91 Å². The van der Waals surface area contributed by atoms with Crippen molar-refractivity contribution in [3.05, 3.63) is 65.7 Å². The number of aliphatic hydroxyl groups is 1. The van der Waals surface area contributed by atoms with Crippen LogP contribution in [-0.4, -0.2) is 42.5 Å². The number of hydrogen-bond donors (Lipinski definition) is 3. The van der Waals surface area contributed by atoms with E-state index in [2.05, 4.69) is 15.4 Å². The first kappa shape index (κ1) is 21.2. The number of aliphatic hydroxyl groups excluding tert-OH is 1. The summed E-state index contributed by atoms with van der Waals surface area (Å²) in [6, 6.07) is 12.3. The number of alkyl halides is 3. The van der Waals surface area contributed by atoms with Crippen LogP contribution in [-0.2, 0) is 11.2 Å². The zero-order chi connectivity index (χ0) is 20.6. The largest absolute Gasteiger partial charge is 0.573 e. The van der Waals surface area contributed by atoms with Crippen LogP contribution < -0.4 is 15.4 Å². The Hall–Kier alpha value is -3.07. The van der Waals surface area contributed by atoms with Crippen molar-refractivity contribution in [3.63, 3.8) is 0 Å². The lowest BCUT2D eigenvalue weighted by atomic mass is 10.0. The summed E-state index contributed by atoms with van der Waals surface area (Å²) < 4.78 is 40.5. The van der Waals surface area contributed by atoms with Crippen molar-refractivity contribution in [3.8, 4) is 5.75 Å². The van der Waals surface area contributed by atoms with E-state index < -0.39 is 24.2 Å². The second kappa shape index (κ2) is 9.75. The topological polar surface area (TPSA) is 87.7 Å². The predicted octanol–water partition coefficient (Wildman–Crippen LogP) is 2.03. The molecule has 0 aliphatic carbocycles. The molecule has 28 heavy (non-hydrogen) atoms. The fourth-order valence-electron chi connectivity index (χ4n) is 2.41. The van der Waals surface area contributed by atoms with E-state index in [1.807, 2.05) is 0 Å². The number of carbonyl (C=O) groups excluding carboxylic acids is 2. The molecule has 2 rings (SSSR count). The van der Waals surface area contributed by atoms with Gasteiger partial charge in [-0.05, 0) is 29.8 Å². The first-order valence-electron chi connectivity index (χ1n) is 8.37. The van der Waals surface area contributed by atoms with Crippen molar-refractivity contribution in [2.75, 3.05) is 13.2 Å². The number of benzene rings is 2. The van der Waals surface area contributed by atoms with E-state index in [1.165, 1.54) is 12.1 Å². The van der Waals surface area contributed by atoms with Crippen LogP contribution in [0.15, 0.2) is 54.6 Å². The Morgan fingerprint density at radius 3 is 2.25 bits per heavy atom. The first-order chi connectivity index (χ1) is 13.3. The van der Waals surface area contributed by atoms with E-state index in [4.69, 9.17) is 5.11 Å². The Bertz CT molecular complexity index is 780. The molecule has 0 aliphatic heterocycles. The lowest BCUT2D eigenvalue weighted by Gasteiger charge is -2.19. The predicted molar refractivity (Wildman–Crippen MR) is 94.6 cm³/mol. The van der Waals surface area contributed by atoms with Gasteiger partial charge < -0.3 is 20.5 Å². The van der Waals surface area contributed by atoms with Crippen molar-refractivity contribution >= 4 is 11.8 Å². The Morgan fingerprint density at radius 1 is 1.04 bits per heavy atom. The molecule has 0 radical (unpaired) electrons. The molecule has 0 heterocycles. The van der Waals surface area contributed by atoms with Gasteiger partial charge in [0.2, 0.25) is 5.91 Å². The van der Waals surface area contributed by atoms with Gasteiger partial charge in [0.1, 0.15) is 11.8 Å². The molecular weight excluding hydrogens is 377 g/mol. The molecule has 0 saturated heterocycles. The fraction of sp³-hybridized carbons (Fsp3) is 0.263. The van der Waals surface area contributed by atoms with Gasteiger partial charge in [0.05, 0.1) is 6.61 Å². The maximum absolute atomic E-state index is 12.3. The Morgan fingerprint density at radius 2 is 1.68 bits per heavy atom. The van der Waals surface area contributed by atoms with Crippen LogP contribution in [0.1, 0.15) is 15.9 Å². The Balaban J connectivity index is 2.10. The molecule has 2 amide bonds. The van der Waals surface area contributed by atoms with Crippen LogP contribution >= 0.6 is 0 Å². The summed E-state index contributed by atoms with van der Waals surface area (Å²) in [4.78, 5) is 24.7. The monoisotopic (exact) mass is 396 g/mol. The third kappa shape index (κ3) is 6.92. The van der Waals surface area contributed by atoms with Crippen molar-refractivity contribution in [2.45, 2.75) is 18.8 Å². The second-order valence-corrected chi connectivity index (χ2v) is 5.80. The maximum atomic E-state index is 12.3. The van der Waals surface area contributed by atoms with Crippen LogP contribution in [0.2, 0.25) is 0 Å². The quantitative estimate of drug-likeness (QED) is 0.637. The molecule has 2 aromatic carbocycles. The lowest BCUT2D eigenvalue weighted by molar-refractivity contribution is -0.274. The molecule has 2 aromatic rings. The van der Waals surface area contributed by atoms with Gasteiger partial charge in [0, 0.05) is 18.5 Å². The maximum Gasteiger partial charge on any atom is 0.573 e. The minimum atomic E-state index is -4.79. The van der Waals surface area contributed by atoms with Crippen LogP contribution in [0, 0.1) is 0 Å². The molecule has 0 aromatic heterocycles. The third-order valence-electron chi connectivity index (χ3n) is 3.67. The molecule has 0 saturated carbocycles. The highest BCUT2D eigenvalue weighted by atomic mass is 19.4. The number of nitrogens with one attached hydrogen (secondary N) is 2. The number of carbonyl (C=O) groups is 2. The number of hydrogen-bond acceptors (Lipinski definition) is 4. The molecule has 0 aliphatic rings. The van der Waals surface area contributed by atoms with Crippen LogP contribution in [0.5, 0.6) is 5.75 Å². The van der Waals surface area contributed by atoms with E-state index >= 15 is 0 Å². The van der Waals surface area contributed by atoms with Gasteiger partial charge in [-0.2, -0.15) is 0 Å². The highest BCUT2D eigenvalue weighted by Crippen LogP contribution is 2.23. The van der Waals surface area contributed by atoms with Gasteiger partial charge in [-0.1, -0.05) is 30.3 Å². The third-order valence-corrected chi connectivity index (χ3v) is 3.67. The van der Waals surface area contributed by atoms with E-state index in [0.717, 1.165) is 12.1 Å². The minimum Gasteiger partial charge on any atom is -0.406 e. The van der Waals surface area contributed by atoms with Crippen molar-refractivity contribution in [1.29, 1.82) is 0 Å². The van der Waals surface area contributed by atoms with Crippen LogP contribution in [0.4, 0.5) is 13.2 Å². The summed E-state index contributed by atoms with van der Waals surface area (Å²) in [5.41, 5.74) is 0.878. The highest BCUT2D eigenvalue weighted by molar-refractivity contribution is 5.97. The molecule has 0 spiro atoms. The zero-order valence-corrected chi connectivity index (χ0v) is 14.7. The average molecular weight is 396 g/mol. The van der Waals surface area contributed by atoms with Crippen molar-refractivity contribution < 1.29 is 32.6 Å². The highest BCUT2D eigenvalue weighted by Gasteiger charge is 2.31. The van der Waals surface area contributed by atoms with E-state index in [9.17, 15) is 22.8 Å². The lowest BCUT2D eigenvalue weighted by Crippen LogP contribution is -2.48. The second-order valence-electron chi connectivity index (χ2n) is 5.80. The van der Waals surface area contributed by atoms with Crippen molar-refractivity contribution in [2.24, 2.45) is 0 Å². The number of ether oxygens (including phenoxy) is 1. The average Bonchev–Trinajstić information content (AvgIpc) is 2.66. The standard InChI is InChI=1S/C19H19F3N2O4/c20-19(21,22)28-15-8-6-13(7-9-15)12-16(18(27)23-10-11-25)24-17(26)14-4-2-1-3-5-14/h1-9,16,25H,10-12H2,(H,23,27)(H,24,26)/t16-/m1/s1. The summed E-state index contributed by atoms with van der Waals surface area (Å²) in [5, 5.41) is 13.9. The molecule has 0 bridgehead atoms. The summed E-state index contributed by atoms with van der Waals surface area (Å²) in [7, 11) is 0. The zero-order valence-electron chi connectivity index (χ0n) is 14.7. The van der Waals surface area contributed by atoms with E-state index in [-0.39, 0.29) is 25.3 Å². The normalized spacial score (nSPS) is 12.1. The summed E-state index contributed by atoms with van der Waals surface area (Å²) >= 11 is 0. The molecule has 0 fully saturated rings. The van der Waals surface area contributed by atoms with Crippen LogP contribution in [0.25, 0.3) is 0 Å². The summed E-state index contributed by atoms with van der Waals surface area (Å²) in [5.74, 6) is -1.37. The molecule has 9 heteroatoms. The summed E-state index contributed by atoms with van der Waals surface area (Å²) in [6.45, 7) is -0.260. The molecule has 0 unspecified atom stereocenters. The van der Waals surface area contributed by atoms with Gasteiger partial charge in [-0.3, -0.25) is 9.59 Å². The molecule has 6 nitrogen and oxygen atoms in total. The van der Waals surface area contributed by atoms with Gasteiger partial charge in [-0.15, -0.1) is 13.2 Å². The van der Waals surface area contributed by atoms with E-state index in [1.54, 1.807) is 30.3 Å². The first-order valence-corrected chi connectivity index (χ1v) is 8.37. The van der Waals surface area contributed by atoms with Crippen molar-refractivity contribution in [1.82, 2.24) is 10.6 Å². The van der Waals surface area contributed by atoms with Gasteiger partial charge >= 0.3 is 6.36 Å². The number of halogens is 3.